The van der Waals surface area contributed by atoms with Crippen LogP contribution in [0.5, 0.6) is 11.5 Å². The monoisotopic (exact) mass is 288 g/mol. The molecule has 2 rings (SSSR count). The second-order valence-electron chi connectivity index (χ2n) is 4.26. The number of benzene rings is 2. The molecule has 0 bridgehead atoms. The summed E-state index contributed by atoms with van der Waals surface area (Å²) >= 11 is 0. The molecule has 0 aliphatic heterocycles. The Morgan fingerprint density at radius 1 is 0.905 bits per heavy atom. The zero-order chi connectivity index (χ0) is 15.6. The lowest BCUT2D eigenvalue weighted by molar-refractivity contribution is 0.0600. The van der Waals surface area contributed by atoms with Crippen LogP contribution in [0.3, 0.4) is 0 Å². The van der Waals surface area contributed by atoms with Crippen LogP contribution in [-0.4, -0.2) is 34.4 Å². The number of ether oxygens (including phenoxy) is 1. The number of rotatable bonds is 3. The number of carboxylic acid groups (broad SMARTS) is 1. The van der Waals surface area contributed by atoms with Crippen LogP contribution in [0.2, 0.25) is 0 Å². The summed E-state index contributed by atoms with van der Waals surface area (Å²) in [6.07, 6.45) is 0. The van der Waals surface area contributed by atoms with Gasteiger partial charge < -0.3 is 20.1 Å². The average Bonchev–Trinajstić information content (AvgIpc) is 2.46. The number of hydrogen-bond acceptors (Lipinski definition) is 5. The molecule has 2 aromatic carbocycles. The molecule has 0 atom stereocenters. The van der Waals surface area contributed by atoms with Crippen LogP contribution in [0.15, 0.2) is 36.4 Å². The smallest absolute Gasteiger partial charge is 0.338 e. The summed E-state index contributed by atoms with van der Waals surface area (Å²) in [5.41, 5.74) is 0.251. The van der Waals surface area contributed by atoms with Gasteiger partial charge in [0.05, 0.1) is 18.2 Å². The van der Waals surface area contributed by atoms with Gasteiger partial charge in [-0.2, -0.15) is 0 Å². The molecular formula is C15H12O6. The first-order chi connectivity index (χ1) is 9.93. The van der Waals surface area contributed by atoms with Gasteiger partial charge in [-0.3, -0.25) is 0 Å². The maximum Gasteiger partial charge on any atom is 0.338 e. The fourth-order valence-electron chi connectivity index (χ4n) is 1.98. The van der Waals surface area contributed by atoms with Crippen LogP contribution in [0.4, 0.5) is 0 Å². The van der Waals surface area contributed by atoms with E-state index in [9.17, 15) is 24.9 Å². The highest BCUT2D eigenvalue weighted by Crippen LogP contribution is 2.33. The summed E-state index contributed by atoms with van der Waals surface area (Å²) in [7, 11) is 1.19. The Hall–Kier alpha value is -3.02. The Morgan fingerprint density at radius 2 is 1.38 bits per heavy atom. The molecule has 2 aromatic rings. The third-order valence-corrected chi connectivity index (χ3v) is 2.93. The molecule has 0 aliphatic rings. The molecule has 6 nitrogen and oxygen atoms in total. The maximum atomic E-state index is 11.8. The highest BCUT2D eigenvalue weighted by Gasteiger charge is 2.19. The summed E-state index contributed by atoms with van der Waals surface area (Å²) in [6, 6.07) is 7.52. The van der Waals surface area contributed by atoms with E-state index in [1.807, 2.05) is 0 Å². The minimum absolute atomic E-state index is 0.0865. The summed E-state index contributed by atoms with van der Waals surface area (Å²) in [6.45, 7) is 0. The quantitative estimate of drug-likeness (QED) is 0.748. The number of aromatic carboxylic acids is 1. The Bertz CT molecular complexity index is 720. The molecule has 0 unspecified atom stereocenters. The standard InChI is InChI=1S/C15H12O6/c1-21-15(20)11-5-3-9(17)7-13(11)12-6-8(16)2-4-10(12)14(18)19/h2-7,16-17H,1H3,(H,18,19). The lowest BCUT2D eigenvalue weighted by Gasteiger charge is -2.11. The molecule has 0 saturated heterocycles. The molecule has 0 amide bonds. The molecule has 21 heavy (non-hydrogen) atoms. The van der Waals surface area contributed by atoms with Crippen molar-refractivity contribution < 1.29 is 29.6 Å². The van der Waals surface area contributed by atoms with Gasteiger partial charge in [-0.1, -0.05) is 0 Å². The average molecular weight is 288 g/mol. The number of phenolic OH excluding ortho intramolecular Hbond substituents is 2. The fourth-order valence-corrected chi connectivity index (χ4v) is 1.98. The number of esters is 1. The van der Waals surface area contributed by atoms with Crippen LogP contribution in [0.1, 0.15) is 20.7 Å². The number of carbonyl (C=O) groups excluding carboxylic acids is 1. The molecule has 0 aromatic heterocycles. The summed E-state index contributed by atoms with van der Waals surface area (Å²) in [5.74, 6) is -2.19. The van der Waals surface area contributed by atoms with Crippen LogP contribution in [-0.2, 0) is 4.74 Å². The van der Waals surface area contributed by atoms with Gasteiger partial charge in [-0.25, -0.2) is 9.59 Å². The van der Waals surface area contributed by atoms with Crippen LogP contribution < -0.4 is 0 Å². The second-order valence-corrected chi connectivity index (χ2v) is 4.26. The van der Waals surface area contributed by atoms with E-state index in [0.717, 1.165) is 0 Å². The van der Waals surface area contributed by atoms with Crippen molar-refractivity contribution in [2.24, 2.45) is 0 Å². The van der Waals surface area contributed by atoms with Crippen molar-refractivity contribution in [3.05, 3.63) is 47.5 Å². The van der Waals surface area contributed by atoms with Gasteiger partial charge >= 0.3 is 11.9 Å². The third-order valence-electron chi connectivity index (χ3n) is 2.93. The van der Waals surface area contributed by atoms with E-state index >= 15 is 0 Å². The molecule has 0 heterocycles. The first-order valence-electron chi connectivity index (χ1n) is 5.92. The highest BCUT2D eigenvalue weighted by atomic mass is 16.5. The second kappa shape index (κ2) is 5.54. The minimum atomic E-state index is -1.22. The fraction of sp³-hybridized carbons (Fsp3) is 0.0667. The van der Waals surface area contributed by atoms with Crippen molar-refractivity contribution in [2.45, 2.75) is 0 Å². The van der Waals surface area contributed by atoms with E-state index < -0.39 is 11.9 Å². The maximum absolute atomic E-state index is 11.8. The Balaban J connectivity index is 2.77. The molecule has 0 aliphatic carbocycles. The lowest BCUT2D eigenvalue weighted by atomic mass is 9.94. The molecule has 108 valence electrons. The predicted molar refractivity (Wildman–Crippen MR) is 73.5 cm³/mol. The summed E-state index contributed by atoms with van der Waals surface area (Å²) in [5, 5.41) is 28.4. The van der Waals surface area contributed by atoms with Crippen molar-refractivity contribution in [3.63, 3.8) is 0 Å². The van der Waals surface area contributed by atoms with Gasteiger partial charge in [0.2, 0.25) is 0 Å². The van der Waals surface area contributed by atoms with Crippen molar-refractivity contribution in [1.29, 1.82) is 0 Å². The predicted octanol–water partition coefficient (Wildman–Crippen LogP) is 2.25. The van der Waals surface area contributed by atoms with Crippen molar-refractivity contribution in [1.82, 2.24) is 0 Å². The van der Waals surface area contributed by atoms with Crippen LogP contribution in [0.25, 0.3) is 11.1 Å². The van der Waals surface area contributed by atoms with Gasteiger partial charge in [-0.15, -0.1) is 0 Å². The number of aromatic hydroxyl groups is 2. The molecule has 0 saturated carbocycles. The number of methoxy groups -OCH3 is 1. The van der Waals surface area contributed by atoms with E-state index in [-0.39, 0.29) is 33.8 Å². The summed E-state index contributed by atoms with van der Waals surface area (Å²) < 4.78 is 4.64. The van der Waals surface area contributed by atoms with E-state index in [0.29, 0.717) is 0 Å². The zero-order valence-electron chi connectivity index (χ0n) is 11.0. The van der Waals surface area contributed by atoms with Gasteiger partial charge in [0, 0.05) is 11.1 Å². The number of carbonyl (C=O) groups is 2. The van der Waals surface area contributed by atoms with Gasteiger partial charge in [0.25, 0.3) is 0 Å². The minimum Gasteiger partial charge on any atom is -0.508 e. The Morgan fingerprint density at radius 3 is 1.86 bits per heavy atom. The van der Waals surface area contributed by atoms with Crippen molar-refractivity contribution >= 4 is 11.9 Å². The molecule has 0 fully saturated rings. The van der Waals surface area contributed by atoms with Gasteiger partial charge in [0.1, 0.15) is 11.5 Å². The Labute approximate surface area is 119 Å². The lowest BCUT2D eigenvalue weighted by Crippen LogP contribution is -2.06. The number of carboxylic acids is 1. The topological polar surface area (TPSA) is 104 Å². The van der Waals surface area contributed by atoms with E-state index in [1.54, 1.807) is 0 Å². The SMILES string of the molecule is COC(=O)c1ccc(O)cc1-c1cc(O)ccc1C(=O)O. The van der Waals surface area contributed by atoms with E-state index in [1.165, 1.54) is 43.5 Å². The largest absolute Gasteiger partial charge is 0.508 e. The van der Waals surface area contributed by atoms with Crippen LogP contribution in [0, 0.1) is 0 Å². The highest BCUT2D eigenvalue weighted by molar-refractivity contribution is 6.03. The third kappa shape index (κ3) is 2.79. The van der Waals surface area contributed by atoms with Crippen molar-refractivity contribution in [3.8, 4) is 22.6 Å². The summed E-state index contributed by atoms with van der Waals surface area (Å²) in [4.78, 5) is 23.1. The van der Waals surface area contributed by atoms with Gasteiger partial charge in [-0.05, 0) is 36.4 Å². The van der Waals surface area contributed by atoms with Crippen molar-refractivity contribution in [2.75, 3.05) is 7.11 Å². The molecular weight excluding hydrogens is 276 g/mol. The van der Waals surface area contributed by atoms with E-state index in [4.69, 9.17) is 0 Å². The molecule has 6 heteroatoms. The first-order valence-corrected chi connectivity index (χ1v) is 5.92. The normalized spacial score (nSPS) is 10.1. The molecule has 0 radical (unpaired) electrons. The molecule has 3 N–H and O–H groups in total. The Kier molecular flexibility index (Phi) is 3.80. The zero-order valence-corrected chi connectivity index (χ0v) is 11.0. The first kappa shape index (κ1) is 14.4. The molecule has 0 spiro atoms. The van der Waals surface area contributed by atoms with Crippen LogP contribution >= 0.6 is 0 Å². The van der Waals surface area contributed by atoms with E-state index in [2.05, 4.69) is 4.74 Å². The number of hydrogen-bond donors (Lipinski definition) is 3. The number of phenols is 2. The van der Waals surface area contributed by atoms with Gasteiger partial charge in [0.15, 0.2) is 0 Å².